The van der Waals surface area contributed by atoms with Crippen molar-refractivity contribution in [2.24, 2.45) is 5.92 Å². The summed E-state index contributed by atoms with van der Waals surface area (Å²) in [5.41, 5.74) is -0.312. The number of aliphatic carboxylic acids is 1. The summed E-state index contributed by atoms with van der Waals surface area (Å²) in [4.78, 5) is 15.0. The third-order valence-electron chi connectivity index (χ3n) is 5.21. The summed E-state index contributed by atoms with van der Waals surface area (Å²) in [5.74, 6) is -2.17. The smallest absolute Gasteiger partial charge is 0.416 e. The van der Waals surface area contributed by atoms with Gasteiger partial charge >= 0.3 is 12.1 Å². The van der Waals surface area contributed by atoms with E-state index in [4.69, 9.17) is 4.74 Å². The normalized spacial score (nSPS) is 26.7. The first-order valence-corrected chi connectivity index (χ1v) is 8.89. The molecule has 0 bridgehead atoms. The summed E-state index contributed by atoms with van der Waals surface area (Å²) in [6.07, 6.45) is -5.20. The fourth-order valence-electron chi connectivity index (χ4n) is 3.75. The van der Waals surface area contributed by atoms with Crippen molar-refractivity contribution < 1.29 is 32.9 Å². The van der Waals surface area contributed by atoms with Gasteiger partial charge in [-0.05, 0) is 24.0 Å². The lowest BCUT2D eigenvalue weighted by molar-refractivity contribution is -0.162. The average Bonchev–Trinajstić information content (AvgIpc) is 2.67. The van der Waals surface area contributed by atoms with Crippen LogP contribution in [0.2, 0.25) is 0 Å². The molecule has 1 aromatic rings. The maximum Gasteiger partial charge on any atom is 0.416 e. The number of aliphatic hydroxyl groups excluding tert-OH is 1. The van der Waals surface area contributed by atoms with Crippen LogP contribution in [0.4, 0.5) is 13.2 Å². The van der Waals surface area contributed by atoms with Crippen LogP contribution in [0.25, 0.3) is 0 Å². The van der Waals surface area contributed by atoms with Gasteiger partial charge in [0, 0.05) is 26.2 Å². The van der Waals surface area contributed by atoms with Gasteiger partial charge in [-0.3, -0.25) is 14.6 Å². The Labute approximate surface area is 155 Å². The SMILES string of the molecule is O=C(O)C1CC(c2cccc(C(F)(F)F)c2)CN(C(O)N2CCOCC2)C1. The van der Waals surface area contributed by atoms with E-state index in [1.54, 1.807) is 15.9 Å². The van der Waals surface area contributed by atoms with Gasteiger partial charge in [-0.1, -0.05) is 18.2 Å². The predicted octanol–water partition coefficient (Wildman–Crippen LogP) is 1.80. The molecule has 150 valence electrons. The zero-order chi connectivity index (χ0) is 19.6. The van der Waals surface area contributed by atoms with Crippen molar-refractivity contribution in [1.82, 2.24) is 9.80 Å². The number of carboxylic acid groups (broad SMARTS) is 1. The topological polar surface area (TPSA) is 73.2 Å². The van der Waals surface area contributed by atoms with Gasteiger partial charge in [0.25, 0.3) is 0 Å². The first-order chi connectivity index (χ1) is 12.8. The van der Waals surface area contributed by atoms with Crippen LogP contribution < -0.4 is 0 Å². The fraction of sp³-hybridized carbons (Fsp3) is 0.611. The second-order valence-electron chi connectivity index (χ2n) is 7.04. The van der Waals surface area contributed by atoms with E-state index < -0.39 is 35.9 Å². The van der Waals surface area contributed by atoms with Crippen LogP contribution in [0.3, 0.4) is 0 Å². The Morgan fingerprint density at radius 2 is 1.89 bits per heavy atom. The molecule has 6 nitrogen and oxygen atoms in total. The van der Waals surface area contributed by atoms with E-state index in [1.165, 1.54) is 6.07 Å². The Morgan fingerprint density at radius 1 is 1.19 bits per heavy atom. The standard InChI is InChI=1S/C18H23F3N2O4/c19-18(20,21)15-3-1-2-12(9-15)13-8-14(16(24)25)11-23(10-13)17(26)22-4-6-27-7-5-22/h1-3,9,13-14,17,26H,4-8,10-11H2,(H,24,25). The number of aliphatic hydroxyl groups is 1. The van der Waals surface area contributed by atoms with Gasteiger partial charge in [0.1, 0.15) is 0 Å². The lowest BCUT2D eigenvalue weighted by atomic mass is 9.84. The Morgan fingerprint density at radius 3 is 2.52 bits per heavy atom. The molecule has 0 spiro atoms. The predicted molar refractivity (Wildman–Crippen MR) is 89.9 cm³/mol. The van der Waals surface area contributed by atoms with E-state index in [9.17, 15) is 28.2 Å². The van der Waals surface area contributed by atoms with E-state index in [1.807, 2.05) is 0 Å². The Bertz CT molecular complexity index is 664. The second-order valence-corrected chi connectivity index (χ2v) is 7.04. The number of halogens is 3. The van der Waals surface area contributed by atoms with Crippen molar-refractivity contribution in [3.63, 3.8) is 0 Å². The Hall–Kier alpha value is -1.68. The number of hydrogen-bond acceptors (Lipinski definition) is 5. The maximum absolute atomic E-state index is 13.0. The molecule has 2 aliphatic rings. The van der Waals surface area contributed by atoms with Crippen LogP contribution in [-0.2, 0) is 15.7 Å². The van der Waals surface area contributed by atoms with E-state index >= 15 is 0 Å². The van der Waals surface area contributed by atoms with Crippen LogP contribution in [0.1, 0.15) is 23.5 Å². The number of piperidine rings is 1. The number of carbonyl (C=O) groups is 1. The minimum Gasteiger partial charge on any atom is -0.481 e. The highest BCUT2D eigenvalue weighted by Gasteiger charge is 2.38. The highest BCUT2D eigenvalue weighted by atomic mass is 19.4. The first-order valence-electron chi connectivity index (χ1n) is 8.89. The minimum atomic E-state index is -4.45. The van der Waals surface area contributed by atoms with Gasteiger partial charge in [-0.25, -0.2) is 0 Å². The highest BCUT2D eigenvalue weighted by molar-refractivity contribution is 5.70. The van der Waals surface area contributed by atoms with E-state index in [2.05, 4.69) is 0 Å². The summed E-state index contributed by atoms with van der Waals surface area (Å²) in [5, 5.41) is 20.1. The summed E-state index contributed by atoms with van der Waals surface area (Å²) >= 11 is 0. The van der Waals surface area contributed by atoms with Crippen molar-refractivity contribution >= 4 is 5.97 Å². The van der Waals surface area contributed by atoms with Gasteiger partial charge < -0.3 is 14.9 Å². The molecule has 2 fully saturated rings. The fourth-order valence-corrected chi connectivity index (χ4v) is 3.75. The molecule has 2 aliphatic heterocycles. The van der Waals surface area contributed by atoms with E-state index in [0.29, 0.717) is 38.4 Å². The molecule has 3 atom stereocenters. The molecule has 0 radical (unpaired) electrons. The van der Waals surface area contributed by atoms with Gasteiger partial charge in [0.2, 0.25) is 0 Å². The molecular formula is C18H23F3N2O4. The molecule has 2 heterocycles. The minimum absolute atomic E-state index is 0.156. The van der Waals surface area contributed by atoms with Crippen LogP contribution in [0.15, 0.2) is 24.3 Å². The third kappa shape index (κ3) is 4.78. The second kappa shape index (κ2) is 8.14. The van der Waals surface area contributed by atoms with Crippen LogP contribution in [-0.4, -0.2) is 71.7 Å². The number of rotatable bonds is 4. The number of hydrogen-bond donors (Lipinski definition) is 2. The number of carboxylic acids is 1. The molecule has 2 N–H and O–H groups in total. The summed E-state index contributed by atoms with van der Waals surface area (Å²) in [7, 11) is 0. The maximum atomic E-state index is 13.0. The molecule has 3 unspecified atom stereocenters. The number of likely N-dealkylation sites (tertiary alicyclic amines) is 1. The zero-order valence-corrected chi connectivity index (χ0v) is 14.7. The van der Waals surface area contributed by atoms with Gasteiger partial charge in [0.15, 0.2) is 6.35 Å². The van der Waals surface area contributed by atoms with Crippen molar-refractivity contribution in [2.45, 2.75) is 24.9 Å². The summed E-state index contributed by atoms with van der Waals surface area (Å²) < 4.78 is 44.3. The molecule has 9 heteroatoms. The van der Waals surface area contributed by atoms with Crippen molar-refractivity contribution in [1.29, 1.82) is 0 Å². The quantitative estimate of drug-likeness (QED) is 0.820. The molecule has 3 rings (SSSR count). The molecule has 0 amide bonds. The third-order valence-corrected chi connectivity index (χ3v) is 5.21. The zero-order valence-electron chi connectivity index (χ0n) is 14.7. The van der Waals surface area contributed by atoms with Gasteiger partial charge in [-0.15, -0.1) is 0 Å². The molecular weight excluding hydrogens is 365 g/mol. The lowest BCUT2D eigenvalue weighted by Gasteiger charge is -2.43. The van der Waals surface area contributed by atoms with Crippen molar-refractivity contribution in [2.75, 3.05) is 39.4 Å². The summed E-state index contributed by atoms with van der Waals surface area (Å²) in [6.45, 7) is 2.44. The molecule has 0 aliphatic carbocycles. The monoisotopic (exact) mass is 388 g/mol. The molecule has 1 aromatic carbocycles. The molecule has 2 saturated heterocycles. The van der Waals surface area contributed by atoms with Gasteiger partial charge in [0.05, 0.1) is 24.7 Å². The van der Waals surface area contributed by atoms with Crippen molar-refractivity contribution in [3.05, 3.63) is 35.4 Å². The van der Waals surface area contributed by atoms with Crippen LogP contribution >= 0.6 is 0 Å². The Kier molecular flexibility index (Phi) is 6.05. The molecule has 27 heavy (non-hydrogen) atoms. The van der Waals surface area contributed by atoms with E-state index in [0.717, 1.165) is 12.1 Å². The molecule has 0 aromatic heterocycles. The number of nitrogens with zero attached hydrogens (tertiary/aromatic N) is 2. The Balaban J connectivity index is 1.81. The number of ether oxygens (including phenoxy) is 1. The van der Waals surface area contributed by atoms with Crippen LogP contribution in [0.5, 0.6) is 0 Å². The first kappa shape index (κ1) is 20.1. The number of alkyl halides is 3. The van der Waals surface area contributed by atoms with E-state index in [-0.39, 0.29) is 13.0 Å². The van der Waals surface area contributed by atoms with Crippen molar-refractivity contribution in [3.8, 4) is 0 Å². The van der Waals surface area contributed by atoms with Crippen LogP contribution in [0, 0.1) is 5.92 Å². The molecule has 0 saturated carbocycles. The number of morpholine rings is 1. The largest absolute Gasteiger partial charge is 0.481 e. The summed E-state index contributed by atoms with van der Waals surface area (Å²) in [6, 6.07) is 5.00. The average molecular weight is 388 g/mol. The van der Waals surface area contributed by atoms with Gasteiger partial charge in [-0.2, -0.15) is 13.2 Å². The number of benzene rings is 1. The highest BCUT2D eigenvalue weighted by Crippen LogP contribution is 2.35. The lowest BCUT2D eigenvalue weighted by Crippen LogP contribution is -2.56.